The molecule has 2 aromatic rings. The van der Waals surface area contributed by atoms with Crippen LogP contribution in [-0.2, 0) is 11.2 Å². The fourth-order valence-electron chi connectivity index (χ4n) is 4.01. The molecule has 2 aliphatic rings. The molecule has 0 unspecified atom stereocenters. The molecule has 1 aromatic heterocycles. The van der Waals surface area contributed by atoms with Crippen molar-refractivity contribution in [2.45, 2.75) is 25.4 Å². The van der Waals surface area contributed by atoms with Crippen molar-refractivity contribution in [3.05, 3.63) is 41.6 Å². The van der Waals surface area contributed by atoms with Gasteiger partial charge in [0.1, 0.15) is 0 Å². The quantitative estimate of drug-likeness (QED) is 0.420. The fraction of sp³-hybridized carbons (Fsp3) is 0.421. The molecule has 0 radical (unpaired) electrons. The van der Waals surface area contributed by atoms with E-state index in [0.29, 0.717) is 12.6 Å². The minimum Gasteiger partial charge on any atom is -0.394 e. The van der Waals surface area contributed by atoms with Crippen molar-refractivity contribution < 1.29 is 38.8 Å². The number of halogens is 1. The molecule has 0 bridgehead atoms. The summed E-state index contributed by atoms with van der Waals surface area (Å²) in [6, 6.07) is 6.42. The van der Waals surface area contributed by atoms with Gasteiger partial charge >= 0.3 is 0 Å². The Balaban J connectivity index is 0.000000431. The van der Waals surface area contributed by atoms with Crippen LogP contribution < -0.4 is 19.3 Å². The van der Waals surface area contributed by atoms with Gasteiger partial charge in [-0.15, -0.1) is 0 Å². The Morgan fingerprint density at radius 3 is 2.76 bits per heavy atom. The van der Waals surface area contributed by atoms with Crippen molar-refractivity contribution in [1.29, 1.82) is 0 Å². The van der Waals surface area contributed by atoms with Crippen molar-refractivity contribution >= 4 is 22.4 Å². The molecular weight excluding hydrogens is 402 g/mol. The van der Waals surface area contributed by atoms with E-state index in [4.69, 9.17) is 23.7 Å². The summed E-state index contributed by atoms with van der Waals surface area (Å²) in [5.41, 5.74) is 4.99. The van der Waals surface area contributed by atoms with Gasteiger partial charge in [0.05, 0.1) is 27.4 Å². The zero-order valence-electron chi connectivity index (χ0n) is 16.1. The second-order valence-electron chi connectivity index (χ2n) is 7.42. The summed E-state index contributed by atoms with van der Waals surface area (Å²) in [5, 5.41) is 13.3. The molecule has 1 amide bonds. The molecule has 1 aliphatic heterocycles. The molecule has 0 spiro atoms. The maximum absolute atomic E-state index is 12.5. The first-order chi connectivity index (χ1) is 13.6. The monoisotopic (exact) mass is 425 g/mol. The summed E-state index contributed by atoms with van der Waals surface area (Å²) in [5.74, 6) is -0.201. The van der Waals surface area contributed by atoms with Crippen LogP contribution in [0.5, 0.6) is 0 Å². The number of hydrogen-bond acceptors (Lipinski definition) is 7. The molecular formula is C19H24ClN3O6. The van der Waals surface area contributed by atoms with Crippen LogP contribution in [0.2, 0.25) is 0 Å². The minimum atomic E-state index is -4.69. The normalized spacial score (nSPS) is 22.2. The lowest BCUT2D eigenvalue weighted by molar-refractivity contribution is -1.92. The lowest BCUT2D eigenvalue weighted by Crippen LogP contribution is -2.58. The summed E-state index contributed by atoms with van der Waals surface area (Å²) < 4.78 is 32.7. The second kappa shape index (κ2) is 8.41. The number of nitrogens with zero attached hydrogens (tertiary/aromatic N) is 1. The van der Waals surface area contributed by atoms with Crippen LogP contribution >= 0.6 is 0 Å². The van der Waals surface area contributed by atoms with Crippen molar-refractivity contribution in [3.63, 3.8) is 0 Å². The van der Waals surface area contributed by atoms with E-state index in [1.54, 1.807) is 0 Å². The van der Waals surface area contributed by atoms with Crippen LogP contribution in [0.25, 0.3) is 16.5 Å². The number of aromatic nitrogens is 1. The smallest absolute Gasteiger partial charge is 0.228 e. The molecule has 9 nitrogen and oxygen atoms in total. The van der Waals surface area contributed by atoms with Gasteiger partial charge in [0.25, 0.3) is 0 Å². The molecule has 10 heteroatoms. The lowest BCUT2D eigenvalue weighted by Gasteiger charge is -2.39. The number of hydrogen-bond donors (Lipinski definition) is 4. The Morgan fingerprint density at radius 1 is 1.41 bits per heavy atom. The summed E-state index contributed by atoms with van der Waals surface area (Å²) in [6.07, 6.45) is 5.22. The molecule has 29 heavy (non-hydrogen) atoms. The number of carbonyl (C=O) groups excluding carboxylic acids is 1. The Kier molecular flexibility index (Phi) is 6.30. The molecule has 1 aromatic carbocycles. The van der Waals surface area contributed by atoms with Crippen molar-refractivity contribution in [3.8, 4) is 0 Å². The van der Waals surface area contributed by atoms with E-state index < -0.39 is 10.2 Å². The van der Waals surface area contributed by atoms with Crippen molar-refractivity contribution in [1.82, 2.24) is 15.2 Å². The maximum atomic E-state index is 12.5. The first-order valence-electron chi connectivity index (χ1n) is 9.14. The minimum absolute atomic E-state index is 0.0126. The van der Waals surface area contributed by atoms with Crippen LogP contribution in [0.3, 0.4) is 0 Å². The third-order valence-corrected chi connectivity index (χ3v) is 5.27. The maximum Gasteiger partial charge on any atom is 0.228 e. The van der Waals surface area contributed by atoms with Gasteiger partial charge in [-0.05, 0) is 43.2 Å². The molecule has 1 aliphatic carbocycles. The highest BCUT2D eigenvalue weighted by Crippen LogP contribution is 2.40. The number of nitrogens with one attached hydrogen (secondary N) is 2. The van der Waals surface area contributed by atoms with Gasteiger partial charge in [-0.3, -0.25) is 9.69 Å². The molecule has 4 N–H and O–H groups in total. The van der Waals surface area contributed by atoms with E-state index in [2.05, 4.69) is 52.7 Å². The van der Waals surface area contributed by atoms with Crippen LogP contribution in [0.1, 0.15) is 18.1 Å². The summed E-state index contributed by atoms with van der Waals surface area (Å²) in [4.78, 5) is 18.2. The van der Waals surface area contributed by atoms with Crippen LogP contribution in [0.4, 0.5) is 0 Å². The molecule has 2 heterocycles. The third kappa shape index (κ3) is 4.96. The number of likely N-dealkylation sites (N-methyl/N-ethyl adjacent to an activating group) is 1. The summed E-state index contributed by atoms with van der Waals surface area (Å²) in [7, 11) is -2.61. The standard InChI is InChI=1S/C19H23N3O2.ClHO4/c1-11(10-23)21-19(24)13-6-15-14-4-3-5-16-18(14)12(8-20-16)7-17(15)22(2)9-13;2-1(3,4)5/h3-6,8,11,13,17,20,23H,7,9-10H2,1-2H3,(H,21,24);(H,2,3,4,5)/t11-,13-,17+;/m0./s1. The zero-order valence-corrected chi connectivity index (χ0v) is 16.8. The first kappa shape index (κ1) is 21.7. The van der Waals surface area contributed by atoms with Gasteiger partial charge in [-0.2, -0.15) is 14.0 Å². The Bertz CT molecular complexity index is 916. The van der Waals surface area contributed by atoms with E-state index >= 15 is 0 Å². The largest absolute Gasteiger partial charge is 0.394 e. The number of aliphatic hydroxyl groups excluding tert-OH is 1. The number of benzene rings is 1. The topological polar surface area (TPSA) is 158 Å². The highest BCUT2D eigenvalue weighted by Gasteiger charge is 2.35. The summed E-state index contributed by atoms with van der Waals surface area (Å²) >= 11 is 0. The molecule has 0 saturated heterocycles. The molecule has 3 atom stereocenters. The Morgan fingerprint density at radius 2 is 2.10 bits per heavy atom. The zero-order chi connectivity index (χ0) is 21.3. The average Bonchev–Trinajstić information content (AvgIpc) is 3.05. The third-order valence-electron chi connectivity index (χ3n) is 5.27. The predicted octanol–water partition coefficient (Wildman–Crippen LogP) is -2.59. The van der Waals surface area contributed by atoms with Gasteiger partial charge in [0.2, 0.25) is 5.91 Å². The van der Waals surface area contributed by atoms with Gasteiger partial charge in [0.15, 0.2) is 0 Å². The lowest BCUT2D eigenvalue weighted by atomic mass is 9.80. The van der Waals surface area contributed by atoms with E-state index in [1.165, 1.54) is 22.1 Å². The molecule has 158 valence electrons. The number of rotatable bonds is 3. The number of fused-ring (bicyclic) bond motifs is 2. The van der Waals surface area contributed by atoms with Crippen molar-refractivity contribution in [2.75, 3.05) is 20.2 Å². The highest BCUT2D eigenvalue weighted by molar-refractivity contribution is 5.99. The van der Waals surface area contributed by atoms with Gasteiger partial charge < -0.3 is 15.4 Å². The number of aliphatic hydroxyl groups is 1. The fourth-order valence-corrected chi connectivity index (χ4v) is 4.01. The Hall–Kier alpha value is -1.98. The number of aromatic amines is 1. The highest BCUT2D eigenvalue weighted by atomic mass is 35.7. The number of H-pyrrole nitrogens is 1. The predicted molar refractivity (Wildman–Crippen MR) is 96.8 cm³/mol. The van der Waals surface area contributed by atoms with E-state index in [1.807, 2.05) is 6.92 Å². The van der Waals surface area contributed by atoms with E-state index in [9.17, 15) is 4.79 Å². The molecule has 0 saturated carbocycles. The van der Waals surface area contributed by atoms with Gasteiger partial charge in [-0.1, -0.05) is 18.2 Å². The van der Waals surface area contributed by atoms with E-state index in [-0.39, 0.29) is 24.5 Å². The number of carbonyl (C=O) groups is 1. The van der Waals surface area contributed by atoms with Crippen LogP contribution in [0.15, 0.2) is 30.5 Å². The van der Waals surface area contributed by atoms with Gasteiger partial charge in [0, 0.05) is 35.7 Å². The van der Waals surface area contributed by atoms with E-state index in [0.717, 1.165) is 11.9 Å². The second-order valence-corrected chi connectivity index (χ2v) is 8.21. The summed E-state index contributed by atoms with van der Waals surface area (Å²) in [6.45, 7) is 2.47. The molecule has 4 rings (SSSR count). The Labute approximate surface area is 170 Å². The van der Waals surface area contributed by atoms with Crippen LogP contribution in [0, 0.1) is 16.2 Å². The SMILES string of the molecule is C[C@@H](CO)NC(=O)[C@H]1C=C2c3cccc4[nH]cc(c34)C[C@H]2N(C)C1.[O-][Cl+3]([O-])([O-])O. The van der Waals surface area contributed by atoms with Crippen molar-refractivity contribution in [2.24, 2.45) is 5.92 Å². The molecule has 0 fully saturated rings. The number of amides is 1. The van der Waals surface area contributed by atoms with Gasteiger partial charge in [-0.25, -0.2) is 0 Å². The van der Waals surface area contributed by atoms with Crippen LogP contribution in [-0.4, -0.2) is 57.8 Å². The average molecular weight is 426 g/mol. The first-order valence-corrected chi connectivity index (χ1v) is 10.4.